The number of imidazole rings is 1. The van der Waals surface area contributed by atoms with Crippen molar-refractivity contribution in [2.75, 3.05) is 38.1 Å². The van der Waals surface area contributed by atoms with Crippen molar-refractivity contribution in [3.05, 3.63) is 30.4 Å². The van der Waals surface area contributed by atoms with Crippen LogP contribution in [0.2, 0.25) is 0 Å². The number of halogens is 1. The van der Waals surface area contributed by atoms with Crippen molar-refractivity contribution in [1.82, 2.24) is 30.2 Å². The highest BCUT2D eigenvalue weighted by atomic mass is 19.1. The molecular formula is C21H27FN8O3. The van der Waals surface area contributed by atoms with Crippen LogP contribution in [-0.4, -0.2) is 58.1 Å². The summed E-state index contributed by atoms with van der Waals surface area (Å²) in [6.45, 7) is 5.78. The lowest BCUT2D eigenvalue weighted by molar-refractivity contribution is 0.171. The molecule has 33 heavy (non-hydrogen) atoms. The lowest BCUT2D eigenvalue weighted by Crippen LogP contribution is -2.28. The molecule has 0 aliphatic carbocycles. The van der Waals surface area contributed by atoms with Gasteiger partial charge in [-0.05, 0) is 12.1 Å². The van der Waals surface area contributed by atoms with E-state index in [2.05, 4.69) is 35.3 Å². The van der Waals surface area contributed by atoms with Gasteiger partial charge < -0.3 is 30.8 Å². The maximum atomic E-state index is 12.8. The first kappa shape index (κ1) is 23.7. The van der Waals surface area contributed by atoms with Crippen LogP contribution in [0.1, 0.15) is 26.6 Å². The fourth-order valence-electron chi connectivity index (χ4n) is 2.88. The van der Waals surface area contributed by atoms with Gasteiger partial charge in [-0.2, -0.15) is 0 Å². The summed E-state index contributed by atoms with van der Waals surface area (Å²) in [5.41, 5.74) is 7.88. The van der Waals surface area contributed by atoms with Crippen LogP contribution in [0.5, 0.6) is 5.75 Å². The number of nitrogen functional groups attached to an aromatic ring is 1. The van der Waals surface area contributed by atoms with Gasteiger partial charge in [0.25, 0.3) is 0 Å². The minimum Gasteiger partial charge on any atom is -0.459 e. The van der Waals surface area contributed by atoms with Crippen LogP contribution in [-0.2, 0) is 10.2 Å². The summed E-state index contributed by atoms with van der Waals surface area (Å²) in [7, 11) is 1.30. The highest BCUT2D eigenvalue weighted by Crippen LogP contribution is 2.35. The van der Waals surface area contributed by atoms with E-state index in [0.717, 1.165) is 5.82 Å². The SMILES string of the molecule is COC(=O)NCCNc1nccc(-c2[nH]c(C(C)(C)C)nc2-c2cnc(N)c(OCF)c2)n1. The molecule has 0 saturated heterocycles. The normalized spacial score (nSPS) is 11.2. The second-order valence-electron chi connectivity index (χ2n) is 8.03. The molecule has 176 valence electrons. The van der Waals surface area contributed by atoms with Crippen LogP contribution in [0.15, 0.2) is 24.5 Å². The largest absolute Gasteiger partial charge is 0.459 e. The third-order valence-corrected chi connectivity index (χ3v) is 4.55. The predicted octanol–water partition coefficient (Wildman–Crippen LogP) is 2.88. The number of ether oxygens (including phenoxy) is 2. The van der Waals surface area contributed by atoms with Gasteiger partial charge in [0.2, 0.25) is 12.8 Å². The van der Waals surface area contributed by atoms with Gasteiger partial charge in [0.1, 0.15) is 5.82 Å². The monoisotopic (exact) mass is 458 g/mol. The van der Waals surface area contributed by atoms with E-state index in [4.69, 9.17) is 15.5 Å². The van der Waals surface area contributed by atoms with Crippen LogP contribution in [0.4, 0.5) is 21.0 Å². The third kappa shape index (κ3) is 5.84. The first-order valence-electron chi connectivity index (χ1n) is 10.2. The van der Waals surface area contributed by atoms with E-state index < -0.39 is 13.0 Å². The molecule has 0 atom stereocenters. The number of methoxy groups -OCH3 is 1. The van der Waals surface area contributed by atoms with Gasteiger partial charge in [-0.15, -0.1) is 0 Å². The lowest BCUT2D eigenvalue weighted by Gasteiger charge is -2.14. The number of carbonyl (C=O) groups excluding carboxylic acids is 1. The molecule has 11 nitrogen and oxygen atoms in total. The summed E-state index contributed by atoms with van der Waals surface area (Å²) >= 11 is 0. The fourth-order valence-corrected chi connectivity index (χ4v) is 2.88. The van der Waals surface area contributed by atoms with Crippen molar-refractivity contribution in [2.24, 2.45) is 0 Å². The molecule has 1 amide bonds. The Morgan fingerprint density at radius 1 is 1.24 bits per heavy atom. The van der Waals surface area contributed by atoms with Crippen molar-refractivity contribution < 1.29 is 18.7 Å². The number of nitrogens with zero attached hydrogens (tertiary/aromatic N) is 4. The van der Waals surface area contributed by atoms with E-state index in [9.17, 15) is 9.18 Å². The number of aromatic amines is 1. The van der Waals surface area contributed by atoms with Crippen molar-refractivity contribution in [3.63, 3.8) is 0 Å². The number of nitrogens with one attached hydrogen (secondary N) is 3. The molecule has 0 saturated carbocycles. The summed E-state index contributed by atoms with van der Waals surface area (Å²) in [6.07, 6.45) is 2.64. The fraction of sp³-hybridized carbons (Fsp3) is 0.381. The molecule has 0 aliphatic rings. The number of aromatic nitrogens is 5. The van der Waals surface area contributed by atoms with E-state index in [0.29, 0.717) is 41.7 Å². The van der Waals surface area contributed by atoms with Crippen molar-refractivity contribution in [1.29, 1.82) is 0 Å². The van der Waals surface area contributed by atoms with E-state index in [1.165, 1.54) is 7.11 Å². The first-order valence-corrected chi connectivity index (χ1v) is 10.2. The molecule has 0 unspecified atom stereocenters. The number of alkyl halides is 1. The van der Waals surface area contributed by atoms with Crippen molar-refractivity contribution in [3.8, 4) is 28.4 Å². The summed E-state index contributed by atoms with van der Waals surface area (Å²) in [6, 6.07) is 3.33. The second kappa shape index (κ2) is 10.1. The predicted molar refractivity (Wildman–Crippen MR) is 121 cm³/mol. The molecule has 0 spiro atoms. The van der Waals surface area contributed by atoms with Crippen molar-refractivity contribution >= 4 is 17.9 Å². The molecule has 3 rings (SSSR count). The Hall–Kier alpha value is -3.96. The number of alkyl carbamates (subject to hydrolysis) is 1. The average Bonchev–Trinajstić information content (AvgIpc) is 3.24. The average molecular weight is 458 g/mol. The first-order chi connectivity index (χ1) is 15.7. The maximum absolute atomic E-state index is 12.8. The molecule has 0 aromatic carbocycles. The molecule has 5 N–H and O–H groups in total. The van der Waals surface area contributed by atoms with Crippen LogP contribution >= 0.6 is 0 Å². The molecule has 3 heterocycles. The Morgan fingerprint density at radius 3 is 2.73 bits per heavy atom. The standard InChI is InChI=1S/C21H27FN8O3/c1-21(2,3)18-29-15(12-9-14(33-11-22)17(23)27-10-12)16(30-18)13-5-6-24-19(28-13)25-7-8-26-20(31)32-4/h5-6,9-10H,7-8,11H2,1-4H3,(H2,23,27)(H,26,31)(H,29,30)(H,24,25,28). The maximum Gasteiger partial charge on any atom is 0.406 e. The van der Waals surface area contributed by atoms with E-state index >= 15 is 0 Å². The molecule has 0 aliphatic heterocycles. The number of hydrogen-bond acceptors (Lipinski definition) is 9. The van der Waals surface area contributed by atoms with Gasteiger partial charge in [-0.25, -0.2) is 29.1 Å². The van der Waals surface area contributed by atoms with Gasteiger partial charge >= 0.3 is 6.09 Å². The van der Waals surface area contributed by atoms with E-state index in [1.54, 1.807) is 24.5 Å². The van der Waals surface area contributed by atoms with E-state index in [-0.39, 0.29) is 17.0 Å². The zero-order valence-corrected chi connectivity index (χ0v) is 18.9. The zero-order valence-electron chi connectivity index (χ0n) is 18.9. The number of pyridine rings is 1. The Bertz CT molecular complexity index is 1110. The topological polar surface area (TPSA) is 153 Å². The third-order valence-electron chi connectivity index (χ3n) is 4.55. The smallest absolute Gasteiger partial charge is 0.406 e. The van der Waals surface area contributed by atoms with Crippen LogP contribution < -0.4 is 21.1 Å². The molecule has 12 heteroatoms. The Labute approximate surface area is 190 Å². The summed E-state index contributed by atoms with van der Waals surface area (Å²) < 4.78 is 22.2. The van der Waals surface area contributed by atoms with Crippen LogP contribution in [0, 0.1) is 0 Å². The number of carbonyl (C=O) groups is 1. The zero-order chi connectivity index (χ0) is 24.0. The van der Waals surface area contributed by atoms with Gasteiger partial charge in [-0.3, -0.25) is 0 Å². The second-order valence-corrected chi connectivity index (χ2v) is 8.03. The quantitative estimate of drug-likeness (QED) is 0.373. The molecule has 3 aromatic rings. The minimum atomic E-state index is -1.03. The van der Waals surface area contributed by atoms with Gasteiger partial charge in [0.05, 0.1) is 24.2 Å². The minimum absolute atomic E-state index is 0.0821. The van der Waals surface area contributed by atoms with Gasteiger partial charge in [0, 0.05) is 36.5 Å². The van der Waals surface area contributed by atoms with Gasteiger partial charge in [-0.1, -0.05) is 20.8 Å². The number of anilines is 2. The Kier molecular flexibility index (Phi) is 7.26. The molecular weight excluding hydrogens is 431 g/mol. The molecule has 0 bridgehead atoms. The Morgan fingerprint density at radius 2 is 2.03 bits per heavy atom. The summed E-state index contributed by atoms with van der Waals surface area (Å²) in [4.78, 5) is 32.2. The van der Waals surface area contributed by atoms with E-state index in [1.807, 2.05) is 20.8 Å². The summed E-state index contributed by atoms with van der Waals surface area (Å²) in [5, 5.41) is 5.61. The van der Waals surface area contributed by atoms with Gasteiger partial charge in [0.15, 0.2) is 11.6 Å². The van der Waals surface area contributed by atoms with Crippen LogP contribution in [0.25, 0.3) is 22.6 Å². The van der Waals surface area contributed by atoms with Crippen molar-refractivity contribution in [2.45, 2.75) is 26.2 Å². The number of hydrogen-bond donors (Lipinski definition) is 4. The lowest BCUT2D eigenvalue weighted by atomic mass is 9.96. The number of amides is 1. The molecule has 0 radical (unpaired) electrons. The highest BCUT2D eigenvalue weighted by Gasteiger charge is 2.24. The number of H-pyrrole nitrogens is 1. The molecule has 0 fully saturated rings. The Balaban J connectivity index is 1.95. The van der Waals surface area contributed by atoms with Crippen LogP contribution in [0.3, 0.4) is 0 Å². The highest BCUT2D eigenvalue weighted by molar-refractivity contribution is 5.78. The summed E-state index contributed by atoms with van der Waals surface area (Å²) in [5.74, 6) is 1.31. The molecule has 3 aromatic heterocycles. The number of rotatable bonds is 8. The number of nitrogens with two attached hydrogens (primary N) is 1.